The lowest BCUT2D eigenvalue weighted by Gasteiger charge is -2.04. The molecule has 76 valence electrons. The van der Waals surface area contributed by atoms with E-state index in [2.05, 4.69) is 0 Å². The van der Waals surface area contributed by atoms with Crippen LogP contribution in [0.2, 0.25) is 5.02 Å². The number of amides is 1. The Morgan fingerprint density at radius 1 is 1.43 bits per heavy atom. The topological polar surface area (TPSA) is 58.6 Å². The third-order valence-electron chi connectivity index (χ3n) is 1.54. The summed E-state index contributed by atoms with van der Waals surface area (Å²) in [5.41, 5.74) is 1.52. The fourth-order valence-electron chi connectivity index (χ4n) is 0.848. The first-order chi connectivity index (χ1) is 6.72. The molecule has 0 aliphatic rings. The summed E-state index contributed by atoms with van der Waals surface area (Å²) < 4.78 is 5.20. The molecular formula is C9H10ClNO3. The van der Waals surface area contributed by atoms with Crippen molar-refractivity contribution in [3.05, 3.63) is 29.3 Å². The molecule has 0 aromatic heterocycles. The SMILES string of the molecule is O=C(CCOc1ccc(Cl)cc1)NO. The summed E-state index contributed by atoms with van der Waals surface area (Å²) in [7, 11) is 0. The monoisotopic (exact) mass is 215 g/mol. The lowest BCUT2D eigenvalue weighted by Crippen LogP contribution is -2.20. The van der Waals surface area contributed by atoms with Crippen molar-refractivity contribution in [1.82, 2.24) is 5.48 Å². The lowest BCUT2D eigenvalue weighted by atomic mass is 10.3. The van der Waals surface area contributed by atoms with Crippen LogP contribution in [-0.2, 0) is 4.79 Å². The number of hydroxylamine groups is 1. The van der Waals surface area contributed by atoms with E-state index in [4.69, 9.17) is 21.5 Å². The second-order valence-electron chi connectivity index (χ2n) is 2.59. The Hall–Kier alpha value is -1.26. The number of nitrogens with one attached hydrogen (secondary N) is 1. The average Bonchev–Trinajstić information content (AvgIpc) is 2.21. The van der Waals surface area contributed by atoms with E-state index in [9.17, 15) is 4.79 Å². The number of hydrogen-bond donors (Lipinski definition) is 2. The largest absolute Gasteiger partial charge is 0.493 e. The average molecular weight is 216 g/mol. The molecule has 0 bridgehead atoms. The van der Waals surface area contributed by atoms with Gasteiger partial charge in [-0.25, -0.2) is 5.48 Å². The van der Waals surface area contributed by atoms with Gasteiger partial charge in [0.15, 0.2) is 0 Å². The van der Waals surface area contributed by atoms with Crippen LogP contribution in [0.25, 0.3) is 0 Å². The third kappa shape index (κ3) is 3.64. The fraction of sp³-hybridized carbons (Fsp3) is 0.222. The quantitative estimate of drug-likeness (QED) is 0.593. The Balaban J connectivity index is 2.31. The predicted octanol–water partition coefficient (Wildman–Crippen LogP) is 1.61. The molecule has 0 aliphatic carbocycles. The van der Waals surface area contributed by atoms with Gasteiger partial charge in [0, 0.05) is 5.02 Å². The van der Waals surface area contributed by atoms with Gasteiger partial charge in [-0.3, -0.25) is 10.0 Å². The standard InChI is InChI=1S/C9H10ClNO3/c10-7-1-3-8(4-2-7)14-6-5-9(12)11-13/h1-4,13H,5-6H2,(H,11,12). The van der Waals surface area contributed by atoms with Crippen LogP contribution in [0.3, 0.4) is 0 Å². The molecule has 0 heterocycles. The molecule has 0 spiro atoms. The van der Waals surface area contributed by atoms with E-state index >= 15 is 0 Å². The van der Waals surface area contributed by atoms with Crippen molar-refractivity contribution in [3.63, 3.8) is 0 Å². The van der Waals surface area contributed by atoms with Crippen LogP contribution in [0.1, 0.15) is 6.42 Å². The number of carbonyl (C=O) groups is 1. The molecule has 0 radical (unpaired) electrons. The van der Waals surface area contributed by atoms with Crippen LogP contribution in [-0.4, -0.2) is 17.7 Å². The molecule has 0 fully saturated rings. The normalized spacial score (nSPS) is 9.57. The van der Waals surface area contributed by atoms with Crippen molar-refractivity contribution < 1.29 is 14.7 Å². The molecule has 0 saturated carbocycles. The molecule has 1 rings (SSSR count). The maximum atomic E-state index is 10.6. The molecule has 14 heavy (non-hydrogen) atoms. The Bertz CT molecular complexity index is 299. The summed E-state index contributed by atoms with van der Waals surface area (Å²) in [6.07, 6.45) is 0.110. The van der Waals surface area contributed by atoms with Gasteiger partial charge in [-0.05, 0) is 24.3 Å². The minimum absolute atomic E-state index is 0.110. The highest BCUT2D eigenvalue weighted by atomic mass is 35.5. The van der Waals surface area contributed by atoms with Gasteiger partial charge < -0.3 is 4.74 Å². The summed E-state index contributed by atoms with van der Waals surface area (Å²) in [5, 5.41) is 8.83. The van der Waals surface area contributed by atoms with E-state index in [1.54, 1.807) is 24.3 Å². The zero-order valence-corrected chi connectivity index (χ0v) is 8.12. The maximum absolute atomic E-state index is 10.6. The molecule has 1 amide bonds. The molecule has 0 saturated heterocycles. The van der Waals surface area contributed by atoms with E-state index in [-0.39, 0.29) is 13.0 Å². The van der Waals surface area contributed by atoms with Gasteiger partial charge in [0.1, 0.15) is 5.75 Å². The number of benzene rings is 1. The summed E-state index contributed by atoms with van der Waals surface area (Å²) in [5.74, 6) is 0.166. The Labute approximate surface area is 86.4 Å². The minimum Gasteiger partial charge on any atom is -0.493 e. The fourth-order valence-corrected chi connectivity index (χ4v) is 0.974. The van der Waals surface area contributed by atoms with Gasteiger partial charge in [0.2, 0.25) is 5.91 Å². The van der Waals surface area contributed by atoms with Gasteiger partial charge in [-0.2, -0.15) is 0 Å². The lowest BCUT2D eigenvalue weighted by molar-refractivity contribution is -0.129. The van der Waals surface area contributed by atoms with Crippen LogP contribution in [0.15, 0.2) is 24.3 Å². The molecule has 0 atom stereocenters. The summed E-state index contributed by atoms with van der Waals surface area (Å²) in [4.78, 5) is 10.6. The molecular weight excluding hydrogens is 206 g/mol. The van der Waals surface area contributed by atoms with E-state index < -0.39 is 5.91 Å². The molecule has 1 aromatic carbocycles. The smallest absolute Gasteiger partial charge is 0.246 e. The molecule has 2 N–H and O–H groups in total. The number of rotatable bonds is 4. The Morgan fingerprint density at radius 2 is 2.07 bits per heavy atom. The second-order valence-corrected chi connectivity index (χ2v) is 3.02. The molecule has 1 aromatic rings. The van der Waals surface area contributed by atoms with E-state index in [1.807, 2.05) is 0 Å². The number of halogens is 1. The summed E-state index contributed by atoms with van der Waals surface area (Å²) in [6.45, 7) is 0.216. The van der Waals surface area contributed by atoms with Gasteiger partial charge in [-0.15, -0.1) is 0 Å². The van der Waals surface area contributed by atoms with Crippen LogP contribution < -0.4 is 10.2 Å². The first-order valence-corrected chi connectivity index (χ1v) is 4.41. The minimum atomic E-state index is -0.473. The molecule has 0 aliphatic heterocycles. The first-order valence-electron chi connectivity index (χ1n) is 4.03. The summed E-state index contributed by atoms with van der Waals surface area (Å²) >= 11 is 5.67. The van der Waals surface area contributed by atoms with Crippen molar-refractivity contribution in [2.45, 2.75) is 6.42 Å². The maximum Gasteiger partial charge on any atom is 0.246 e. The van der Waals surface area contributed by atoms with Crippen molar-refractivity contribution in [1.29, 1.82) is 0 Å². The number of carbonyl (C=O) groups excluding carboxylic acids is 1. The van der Waals surface area contributed by atoms with Crippen molar-refractivity contribution in [3.8, 4) is 5.75 Å². The second kappa shape index (κ2) is 5.47. The van der Waals surface area contributed by atoms with Gasteiger partial charge >= 0.3 is 0 Å². The molecule has 0 unspecified atom stereocenters. The van der Waals surface area contributed by atoms with E-state index in [0.29, 0.717) is 10.8 Å². The van der Waals surface area contributed by atoms with E-state index in [1.165, 1.54) is 5.48 Å². The number of ether oxygens (including phenoxy) is 1. The van der Waals surface area contributed by atoms with E-state index in [0.717, 1.165) is 0 Å². The highest BCUT2D eigenvalue weighted by Crippen LogP contribution is 2.15. The Morgan fingerprint density at radius 3 is 2.64 bits per heavy atom. The Kier molecular flexibility index (Phi) is 4.22. The third-order valence-corrected chi connectivity index (χ3v) is 1.79. The highest BCUT2D eigenvalue weighted by Gasteiger charge is 1.99. The van der Waals surface area contributed by atoms with Crippen molar-refractivity contribution in [2.24, 2.45) is 0 Å². The van der Waals surface area contributed by atoms with Crippen LogP contribution >= 0.6 is 11.6 Å². The predicted molar refractivity (Wildman–Crippen MR) is 51.5 cm³/mol. The summed E-state index contributed by atoms with van der Waals surface area (Å²) in [6, 6.07) is 6.81. The van der Waals surface area contributed by atoms with Crippen LogP contribution in [0.5, 0.6) is 5.75 Å². The molecule has 4 nitrogen and oxygen atoms in total. The van der Waals surface area contributed by atoms with Gasteiger partial charge in [0.05, 0.1) is 13.0 Å². The van der Waals surface area contributed by atoms with Gasteiger partial charge in [0.25, 0.3) is 0 Å². The van der Waals surface area contributed by atoms with Crippen molar-refractivity contribution in [2.75, 3.05) is 6.61 Å². The molecule has 5 heteroatoms. The van der Waals surface area contributed by atoms with Crippen molar-refractivity contribution >= 4 is 17.5 Å². The number of hydrogen-bond acceptors (Lipinski definition) is 3. The zero-order valence-electron chi connectivity index (χ0n) is 7.37. The first kappa shape index (κ1) is 10.8. The zero-order chi connectivity index (χ0) is 10.4. The highest BCUT2D eigenvalue weighted by molar-refractivity contribution is 6.30. The van der Waals surface area contributed by atoms with Gasteiger partial charge in [-0.1, -0.05) is 11.6 Å². The van der Waals surface area contributed by atoms with Crippen LogP contribution in [0, 0.1) is 0 Å². The van der Waals surface area contributed by atoms with Crippen LogP contribution in [0.4, 0.5) is 0 Å².